The van der Waals surface area contributed by atoms with Crippen molar-refractivity contribution in [3.05, 3.63) is 53.6 Å². The monoisotopic (exact) mass is 303 g/mol. The van der Waals surface area contributed by atoms with E-state index in [1.807, 2.05) is 25.2 Å². The summed E-state index contributed by atoms with van der Waals surface area (Å²) in [6.07, 6.45) is 2.09. The Morgan fingerprint density at radius 2 is 1.57 bits per heavy atom. The van der Waals surface area contributed by atoms with Gasteiger partial charge in [0.05, 0.1) is 25.8 Å². The fraction of sp³-hybridized carbons (Fsp3) is 0.294. The van der Waals surface area contributed by atoms with Gasteiger partial charge in [0.15, 0.2) is 0 Å². The summed E-state index contributed by atoms with van der Waals surface area (Å²) in [7, 11) is 5.32. The van der Waals surface area contributed by atoms with E-state index in [-0.39, 0.29) is 6.04 Å². The minimum Gasteiger partial charge on any atom is -0.496 e. The van der Waals surface area contributed by atoms with Gasteiger partial charge < -0.3 is 14.8 Å². The van der Waals surface area contributed by atoms with Crippen molar-refractivity contribution in [2.24, 2.45) is 0 Å². The van der Waals surface area contributed by atoms with Gasteiger partial charge in [-0.2, -0.15) is 0 Å². The third-order valence-electron chi connectivity index (χ3n) is 3.49. The molecule has 0 heterocycles. The van der Waals surface area contributed by atoms with Crippen LogP contribution in [0, 0.1) is 0 Å². The van der Waals surface area contributed by atoms with Crippen LogP contribution in [0.2, 0.25) is 0 Å². The third-order valence-corrected chi connectivity index (χ3v) is 4.30. The lowest BCUT2D eigenvalue weighted by molar-refractivity contribution is 0.378. The Hall–Kier alpha value is -1.65. The molecule has 0 aliphatic heterocycles. The van der Waals surface area contributed by atoms with Gasteiger partial charge in [-0.1, -0.05) is 24.3 Å². The molecule has 2 aromatic rings. The zero-order valence-electron chi connectivity index (χ0n) is 12.8. The second-order valence-corrected chi connectivity index (χ2v) is 5.39. The maximum absolute atomic E-state index is 5.54. The predicted octanol–water partition coefficient (Wildman–Crippen LogP) is 3.73. The van der Waals surface area contributed by atoms with Crippen molar-refractivity contribution >= 4 is 11.8 Å². The summed E-state index contributed by atoms with van der Waals surface area (Å²) >= 11 is 1.74. The molecule has 3 nitrogen and oxygen atoms in total. The highest BCUT2D eigenvalue weighted by molar-refractivity contribution is 7.98. The van der Waals surface area contributed by atoms with Crippen LogP contribution in [0.3, 0.4) is 0 Å². The standard InChI is InChI=1S/C17H21NO2S/c1-18-17(12-8-5-6-11-15(12)21-4)16-13(19-2)9-7-10-14(16)20-3/h5-11,17-18H,1-4H3. The fourth-order valence-corrected chi connectivity index (χ4v) is 3.16. The first-order valence-corrected chi connectivity index (χ1v) is 8.00. The average Bonchev–Trinajstić information content (AvgIpc) is 2.56. The first-order chi connectivity index (χ1) is 10.3. The summed E-state index contributed by atoms with van der Waals surface area (Å²) in [4.78, 5) is 1.24. The molecule has 2 aromatic carbocycles. The second-order valence-electron chi connectivity index (χ2n) is 4.54. The van der Waals surface area contributed by atoms with Crippen molar-refractivity contribution < 1.29 is 9.47 Å². The molecule has 0 radical (unpaired) electrons. The lowest BCUT2D eigenvalue weighted by Gasteiger charge is -2.24. The van der Waals surface area contributed by atoms with Crippen molar-refractivity contribution in [1.29, 1.82) is 0 Å². The molecule has 0 aliphatic rings. The van der Waals surface area contributed by atoms with E-state index < -0.39 is 0 Å². The fourth-order valence-electron chi connectivity index (χ4n) is 2.52. The normalized spacial score (nSPS) is 12.0. The summed E-state index contributed by atoms with van der Waals surface area (Å²) < 4.78 is 11.1. The van der Waals surface area contributed by atoms with Gasteiger partial charge in [-0.3, -0.25) is 0 Å². The summed E-state index contributed by atoms with van der Waals surface area (Å²) in [6.45, 7) is 0. The Morgan fingerprint density at radius 3 is 2.10 bits per heavy atom. The molecule has 21 heavy (non-hydrogen) atoms. The lowest BCUT2D eigenvalue weighted by atomic mass is 9.97. The van der Waals surface area contributed by atoms with Crippen LogP contribution >= 0.6 is 11.8 Å². The van der Waals surface area contributed by atoms with Gasteiger partial charge in [0.25, 0.3) is 0 Å². The smallest absolute Gasteiger partial charge is 0.127 e. The molecular formula is C17H21NO2S. The van der Waals surface area contributed by atoms with E-state index in [4.69, 9.17) is 9.47 Å². The Labute approximate surface area is 130 Å². The predicted molar refractivity (Wildman–Crippen MR) is 88.7 cm³/mol. The number of hydrogen-bond donors (Lipinski definition) is 1. The van der Waals surface area contributed by atoms with E-state index >= 15 is 0 Å². The van der Waals surface area contributed by atoms with Gasteiger partial charge in [0, 0.05) is 4.90 Å². The molecule has 0 fully saturated rings. The second kappa shape index (κ2) is 7.38. The molecule has 112 valence electrons. The number of methoxy groups -OCH3 is 2. The van der Waals surface area contributed by atoms with Gasteiger partial charge in [0.2, 0.25) is 0 Å². The summed E-state index contributed by atoms with van der Waals surface area (Å²) in [5, 5.41) is 3.39. The summed E-state index contributed by atoms with van der Waals surface area (Å²) in [5.41, 5.74) is 2.24. The quantitative estimate of drug-likeness (QED) is 0.824. The number of benzene rings is 2. The molecule has 0 aromatic heterocycles. The van der Waals surface area contributed by atoms with Crippen molar-refractivity contribution in [3.8, 4) is 11.5 Å². The number of rotatable bonds is 6. The van der Waals surface area contributed by atoms with Crippen LogP contribution < -0.4 is 14.8 Å². The Balaban J connectivity index is 2.61. The van der Waals surface area contributed by atoms with Crippen LogP contribution in [0.25, 0.3) is 0 Å². The van der Waals surface area contributed by atoms with Crippen LogP contribution in [-0.2, 0) is 0 Å². The van der Waals surface area contributed by atoms with Crippen LogP contribution in [-0.4, -0.2) is 27.5 Å². The van der Waals surface area contributed by atoms with Crippen molar-refractivity contribution in [2.75, 3.05) is 27.5 Å². The van der Waals surface area contributed by atoms with Gasteiger partial charge in [-0.05, 0) is 37.1 Å². The molecule has 1 unspecified atom stereocenters. The van der Waals surface area contributed by atoms with E-state index in [1.54, 1.807) is 26.0 Å². The minimum absolute atomic E-state index is 0.0137. The molecule has 0 bridgehead atoms. The highest BCUT2D eigenvalue weighted by atomic mass is 32.2. The molecular weight excluding hydrogens is 282 g/mol. The van der Waals surface area contributed by atoms with Crippen LogP contribution in [0.5, 0.6) is 11.5 Å². The molecule has 0 amide bonds. The number of hydrogen-bond acceptors (Lipinski definition) is 4. The Bertz CT molecular complexity index is 579. The zero-order chi connectivity index (χ0) is 15.2. The Kier molecular flexibility index (Phi) is 5.53. The molecule has 4 heteroatoms. The van der Waals surface area contributed by atoms with E-state index in [1.165, 1.54) is 10.5 Å². The molecule has 0 saturated heterocycles. The van der Waals surface area contributed by atoms with E-state index in [2.05, 4.69) is 35.8 Å². The molecule has 0 spiro atoms. The van der Waals surface area contributed by atoms with Crippen LogP contribution in [0.15, 0.2) is 47.4 Å². The van der Waals surface area contributed by atoms with Crippen molar-refractivity contribution in [3.63, 3.8) is 0 Å². The van der Waals surface area contributed by atoms with Gasteiger partial charge in [-0.15, -0.1) is 11.8 Å². The van der Waals surface area contributed by atoms with E-state index in [0.29, 0.717) is 0 Å². The molecule has 1 N–H and O–H groups in total. The third kappa shape index (κ3) is 3.17. The first kappa shape index (κ1) is 15.7. The zero-order valence-corrected chi connectivity index (χ0v) is 13.7. The largest absolute Gasteiger partial charge is 0.496 e. The van der Waals surface area contributed by atoms with Gasteiger partial charge >= 0.3 is 0 Å². The van der Waals surface area contributed by atoms with Crippen LogP contribution in [0.4, 0.5) is 0 Å². The lowest BCUT2D eigenvalue weighted by Crippen LogP contribution is -2.20. The topological polar surface area (TPSA) is 30.5 Å². The highest BCUT2D eigenvalue weighted by Gasteiger charge is 2.23. The summed E-state index contributed by atoms with van der Waals surface area (Å²) in [6, 6.07) is 14.3. The Morgan fingerprint density at radius 1 is 0.952 bits per heavy atom. The average molecular weight is 303 g/mol. The number of nitrogens with one attached hydrogen (secondary N) is 1. The summed E-state index contributed by atoms with van der Waals surface area (Å²) in [5.74, 6) is 1.65. The molecule has 0 aliphatic carbocycles. The maximum Gasteiger partial charge on any atom is 0.127 e. The molecule has 0 saturated carbocycles. The molecule has 1 atom stereocenters. The first-order valence-electron chi connectivity index (χ1n) is 6.77. The van der Waals surface area contributed by atoms with Crippen LogP contribution in [0.1, 0.15) is 17.2 Å². The minimum atomic E-state index is 0.0137. The molecule has 2 rings (SSSR count). The maximum atomic E-state index is 5.54. The van der Waals surface area contributed by atoms with Crippen molar-refractivity contribution in [2.45, 2.75) is 10.9 Å². The number of ether oxygens (including phenoxy) is 2. The van der Waals surface area contributed by atoms with Gasteiger partial charge in [0.1, 0.15) is 11.5 Å². The van der Waals surface area contributed by atoms with E-state index in [9.17, 15) is 0 Å². The SMILES string of the molecule is CNC(c1ccccc1SC)c1c(OC)cccc1OC. The highest BCUT2D eigenvalue weighted by Crippen LogP contribution is 2.39. The number of thioether (sulfide) groups is 1. The van der Waals surface area contributed by atoms with Crippen molar-refractivity contribution in [1.82, 2.24) is 5.32 Å². The van der Waals surface area contributed by atoms with E-state index in [0.717, 1.165) is 17.1 Å². The van der Waals surface area contributed by atoms with Gasteiger partial charge in [-0.25, -0.2) is 0 Å².